The zero-order valence-electron chi connectivity index (χ0n) is 9.23. The molecule has 1 rings (SSSR count). The van der Waals surface area contributed by atoms with Crippen molar-refractivity contribution in [3.63, 3.8) is 0 Å². The molecule has 0 saturated carbocycles. The fraction of sp³-hybridized carbons (Fsp3) is 0.778. The number of rotatable bonds is 7. The van der Waals surface area contributed by atoms with Gasteiger partial charge in [0.2, 0.25) is 5.13 Å². The van der Waals surface area contributed by atoms with Crippen molar-refractivity contribution in [1.29, 1.82) is 0 Å². The van der Waals surface area contributed by atoms with Gasteiger partial charge in [0.1, 0.15) is 5.01 Å². The standard InChI is InChI=1S/C9H18N4OS/c1-3-4-10-9-12-11-8(15-9)7-13(2)5-6-14/h14H,3-7H2,1-2H3,(H,10,12). The first-order valence-corrected chi connectivity index (χ1v) is 5.93. The molecular formula is C9H18N4OS. The molecule has 0 atom stereocenters. The van der Waals surface area contributed by atoms with Crippen molar-refractivity contribution >= 4 is 16.5 Å². The van der Waals surface area contributed by atoms with Gasteiger partial charge in [-0.25, -0.2) is 0 Å². The van der Waals surface area contributed by atoms with E-state index < -0.39 is 0 Å². The van der Waals surface area contributed by atoms with Crippen LogP contribution in [-0.2, 0) is 6.54 Å². The lowest BCUT2D eigenvalue weighted by atomic mass is 10.5. The predicted octanol–water partition coefficient (Wildman–Crippen LogP) is 0.784. The molecule has 6 heteroatoms. The van der Waals surface area contributed by atoms with Gasteiger partial charge in [-0.15, -0.1) is 10.2 Å². The molecule has 0 aromatic carbocycles. The first-order chi connectivity index (χ1) is 7.26. The van der Waals surface area contributed by atoms with E-state index in [9.17, 15) is 0 Å². The van der Waals surface area contributed by atoms with E-state index in [-0.39, 0.29) is 6.61 Å². The Morgan fingerprint density at radius 3 is 2.93 bits per heavy atom. The Morgan fingerprint density at radius 2 is 2.27 bits per heavy atom. The van der Waals surface area contributed by atoms with Crippen LogP contribution in [0.25, 0.3) is 0 Å². The summed E-state index contributed by atoms with van der Waals surface area (Å²) < 4.78 is 0. The number of aliphatic hydroxyl groups excluding tert-OH is 1. The van der Waals surface area contributed by atoms with E-state index in [1.165, 1.54) is 0 Å². The second-order valence-corrected chi connectivity index (χ2v) is 4.45. The molecule has 0 aliphatic rings. The Labute approximate surface area is 94.1 Å². The van der Waals surface area contributed by atoms with Crippen molar-refractivity contribution in [3.8, 4) is 0 Å². The molecule has 1 aromatic heterocycles. The van der Waals surface area contributed by atoms with Gasteiger partial charge in [-0.3, -0.25) is 4.90 Å². The monoisotopic (exact) mass is 230 g/mol. The Kier molecular flexibility index (Phi) is 5.52. The maximum Gasteiger partial charge on any atom is 0.205 e. The SMILES string of the molecule is CCCNc1nnc(CN(C)CCO)s1. The van der Waals surface area contributed by atoms with Crippen molar-refractivity contribution < 1.29 is 5.11 Å². The number of likely N-dealkylation sites (N-methyl/N-ethyl adjacent to an activating group) is 1. The summed E-state index contributed by atoms with van der Waals surface area (Å²) in [6, 6.07) is 0. The van der Waals surface area contributed by atoms with E-state index in [0.29, 0.717) is 6.54 Å². The van der Waals surface area contributed by atoms with Crippen molar-refractivity contribution in [2.45, 2.75) is 19.9 Å². The van der Waals surface area contributed by atoms with Gasteiger partial charge >= 0.3 is 0 Å². The Bertz CT molecular complexity index is 279. The average Bonchev–Trinajstić information content (AvgIpc) is 2.63. The zero-order valence-corrected chi connectivity index (χ0v) is 10.0. The lowest BCUT2D eigenvalue weighted by Gasteiger charge is -2.11. The highest BCUT2D eigenvalue weighted by Crippen LogP contribution is 2.16. The van der Waals surface area contributed by atoms with Gasteiger partial charge in [0.05, 0.1) is 13.2 Å². The largest absolute Gasteiger partial charge is 0.395 e. The summed E-state index contributed by atoms with van der Waals surface area (Å²) in [5, 5.41) is 21.9. The summed E-state index contributed by atoms with van der Waals surface area (Å²) in [7, 11) is 1.96. The van der Waals surface area contributed by atoms with Crippen LogP contribution >= 0.6 is 11.3 Å². The second-order valence-electron chi connectivity index (χ2n) is 3.39. The van der Waals surface area contributed by atoms with Crippen molar-refractivity contribution in [2.75, 3.05) is 32.1 Å². The lowest BCUT2D eigenvalue weighted by molar-refractivity contribution is 0.217. The Morgan fingerprint density at radius 1 is 1.47 bits per heavy atom. The van der Waals surface area contributed by atoms with Crippen LogP contribution in [0, 0.1) is 0 Å². The van der Waals surface area contributed by atoms with Gasteiger partial charge in [-0.05, 0) is 13.5 Å². The van der Waals surface area contributed by atoms with Gasteiger partial charge in [-0.2, -0.15) is 0 Å². The summed E-state index contributed by atoms with van der Waals surface area (Å²) in [6.45, 7) is 4.63. The molecule has 0 bridgehead atoms. The summed E-state index contributed by atoms with van der Waals surface area (Å²) in [5.74, 6) is 0. The van der Waals surface area contributed by atoms with Crippen molar-refractivity contribution in [1.82, 2.24) is 15.1 Å². The molecule has 5 nitrogen and oxygen atoms in total. The maximum atomic E-state index is 8.75. The number of nitrogens with one attached hydrogen (secondary N) is 1. The molecule has 0 spiro atoms. The Balaban J connectivity index is 2.38. The highest BCUT2D eigenvalue weighted by atomic mass is 32.1. The Hall–Kier alpha value is -0.720. The smallest absolute Gasteiger partial charge is 0.205 e. The topological polar surface area (TPSA) is 61.3 Å². The van der Waals surface area contributed by atoms with Crippen LogP contribution in [0.2, 0.25) is 0 Å². The van der Waals surface area contributed by atoms with Gasteiger partial charge in [0.15, 0.2) is 0 Å². The molecular weight excluding hydrogens is 212 g/mol. The quantitative estimate of drug-likeness (QED) is 0.725. The summed E-state index contributed by atoms with van der Waals surface area (Å²) in [5.41, 5.74) is 0. The fourth-order valence-electron chi connectivity index (χ4n) is 1.10. The van der Waals surface area contributed by atoms with Crippen molar-refractivity contribution in [2.24, 2.45) is 0 Å². The molecule has 15 heavy (non-hydrogen) atoms. The van der Waals surface area contributed by atoms with E-state index >= 15 is 0 Å². The van der Waals surface area contributed by atoms with Crippen LogP contribution in [0.3, 0.4) is 0 Å². The van der Waals surface area contributed by atoms with Crippen LogP contribution in [-0.4, -0.2) is 46.9 Å². The summed E-state index contributed by atoms with van der Waals surface area (Å²) in [4.78, 5) is 2.02. The average molecular weight is 230 g/mol. The molecule has 0 saturated heterocycles. The van der Waals surface area contributed by atoms with E-state index in [1.54, 1.807) is 11.3 Å². The third-order valence-electron chi connectivity index (χ3n) is 1.88. The minimum atomic E-state index is 0.177. The minimum absolute atomic E-state index is 0.177. The number of hydrogen-bond acceptors (Lipinski definition) is 6. The van der Waals surface area contributed by atoms with Crippen molar-refractivity contribution in [3.05, 3.63) is 5.01 Å². The lowest BCUT2D eigenvalue weighted by Crippen LogP contribution is -2.21. The molecule has 0 aliphatic heterocycles. The summed E-state index contributed by atoms with van der Waals surface area (Å²) >= 11 is 1.57. The van der Waals surface area contributed by atoms with E-state index in [0.717, 1.165) is 29.6 Å². The molecule has 0 amide bonds. The first-order valence-electron chi connectivity index (χ1n) is 5.12. The maximum absolute atomic E-state index is 8.75. The zero-order chi connectivity index (χ0) is 11.1. The highest BCUT2D eigenvalue weighted by molar-refractivity contribution is 7.15. The second kappa shape index (κ2) is 6.71. The van der Waals surface area contributed by atoms with Gasteiger partial charge in [0.25, 0.3) is 0 Å². The molecule has 0 fully saturated rings. The van der Waals surface area contributed by atoms with E-state index in [1.807, 2.05) is 11.9 Å². The van der Waals surface area contributed by atoms with E-state index in [4.69, 9.17) is 5.11 Å². The molecule has 1 heterocycles. The summed E-state index contributed by atoms with van der Waals surface area (Å²) in [6.07, 6.45) is 1.08. The third kappa shape index (κ3) is 4.55. The van der Waals surface area contributed by atoms with Gasteiger partial charge in [0, 0.05) is 13.1 Å². The van der Waals surface area contributed by atoms with Gasteiger partial charge in [-0.1, -0.05) is 18.3 Å². The van der Waals surface area contributed by atoms with Crippen LogP contribution in [0.5, 0.6) is 0 Å². The van der Waals surface area contributed by atoms with Crippen LogP contribution < -0.4 is 5.32 Å². The minimum Gasteiger partial charge on any atom is -0.395 e. The third-order valence-corrected chi connectivity index (χ3v) is 2.75. The van der Waals surface area contributed by atoms with Gasteiger partial charge < -0.3 is 10.4 Å². The first kappa shape index (κ1) is 12.4. The van der Waals surface area contributed by atoms with Crippen LogP contribution in [0.4, 0.5) is 5.13 Å². The number of aliphatic hydroxyl groups is 1. The molecule has 0 radical (unpaired) electrons. The molecule has 0 aliphatic carbocycles. The number of aromatic nitrogens is 2. The van der Waals surface area contributed by atoms with Crippen LogP contribution in [0.1, 0.15) is 18.4 Å². The molecule has 2 N–H and O–H groups in total. The number of nitrogens with zero attached hydrogens (tertiary/aromatic N) is 3. The van der Waals surface area contributed by atoms with E-state index in [2.05, 4.69) is 22.4 Å². The molecule has 1 aromatic rings. The van der Waals surface area contributed by atoms with Crippen LogP contribution in [0.15, 0.2) is 0 Å². The number of anilines is 1. The highest BCUT2D eigenvalue weighted by Gasteiger charge is 2.05. The predicted molar refractivity (Wildman–Crippen MR) is 62.1 cm³/mol. The molecule has 86 valence electrons. The molecule has 0 unspecified atom stereocenters. The normalized spacial score (nSPS) is 10.9. The fourth-order valence-corrected chi connectivity index (χ4v) is 1.95. The number of hydrogen-bond donors (Lipinski definition) is 2.